The predicted molar refractivity (Wildman–Crippen MR) is 80.6 cm³/mol. The number of rotatable bonds is 1. The largest absolute Gasteiger partial charge is 0.345 e. The number of hydrogen-bond acceptors (Lipinski definition) is 2. The molecule has 1 unspecified atom stereocenters. The Morgan fingerprint density at radius 3 is 2.85 bits per heavy atom. The summed E-state index contributed by atoms with van der Waals surface area (Å²) in [6, 6.07) is 9.71. The molecule has 0 saturated carbocycles. The molecule has 3 rings (SSSR count). The second-order valence-corrected chi connectivity index (χ2v) is 5.88. The van der Waals surface area contributed by atoms with E-state index in [0.29, 0.717) is 10.3 Å². The molecular formula is C15H16BrN3O. The van der Waals surface area contributed by atoms with E-state index in [1.807, 2.05) is 17.0 Å². The first kappa shape index (κ1) is 13.4. The molecule has 0 spiro atoms. The monoisotopic (exact) mass is 333 g/mol. The summed E-state index contributed by atoms with van der Waals surface area (Å²) in [4.78, 5) is 18.8. The summed E-state index contributed by atoms with van der Waals surface area (Å²) >= 11 is 3.31. The number of nitrogens with zero attached hydrogens (tertiary/aromatic N) is 3. The lowest BCUT2D eigenvalue weighted by Gasteiger charge is -2.35. The Kier molecular flexibility index (Phi) is 3.38. The van der Waals surface area contributed by atoms with E-state index in [9.17, 15) is 4.79 Å². The van der Waals surface area contributed by atoms with Gasteiger partial charge in [0, 0.05) is 24.5 Å². The molecule has 0 radical (unpaired) electrons. The Balaban J connectivity index is 1.91. The van der Waals surface area contributed by atoms with Crippen LogP contribution in [-0.4, -0.2) is 26.9 Å². The number of halogens is 1. The summed E-state index contributed by atoms with van der Waals surface area (Å²) in [7, 11) is 0. The summed E-state index contributed by atoms with van der Waals surface area (Å²) in [6.07, 6.45) is 0. The first-order chi connectivity index (χ1) is 9.58. The van der Waals surface area contributed by atoms with Crippen molar-refractivity contribution in [2.45, 2.75) is 26.4 Å². The van der Waals surface area contributed by atoms with Gasteiger partial charge in [-0.1, -0.05) is 6.07 Å². The van der Waals surface area contributed by atoms with Crippen molar-refractivity contribution < 1.29 is 4.79 Å². The van der Waals surface area contributed by atoms with Crippen LogP contribution < -0.4 is 0 Å². The molecule has 1 aliphatic rings. The van der Waals surface area contributed by atoms with Crippen molar-refractivity contribution in [1.29, 1.82) is 0 Å². The van der Waals surface area contributed by atoms with E-state index in [-0.39, 0.29) is 11.9 Å². The molecule has 1 aliphatic heterocycles. The highest BCUT2D eigenvalue weighted by atomic mass is 79.9. The van der Waals surface area contributed by atoms with Gasteiger partial charge in [-0.15, -0.1) is 0 Å². The van der Waals surface area contributed by atoms with Crippen LogP contribution in [0.4, 0.5) is 0 Å². The van der Waals surface area contributed by atoms with Crippen LogP contribution in [0.2, 0.25) is 0 Å². The van der Waals surface area contributed by atoms with E-state index in [2.05, 4.69) is 51.5 Å². The highest BCUT2D eigenvalue weighted by molar-refractivity contribution is 9.10. The third-order valence-electron chi connectivity index (χ3n) is 3.89. The molecule has 0 bridgehead atoms. The lowest BCUT2D eigenvalue weighted by Crippen LogP contribution is -2.41. The fourth-order valence-corrected chi connectivity index (χ4v) is 3.12. The van der Waals surface area contributed by atoms with Crippen LogP contribution in [0.5, 0.6) is 0 Å². The van der Waals surface area contributed by atoms with E-state index in [1.165, 1.54) is 11.4 Å². The first-order valence-corrected chi connectivity index (χ1v) is 7.47. The van der Waals surface area contributed by atoms with Crippen molar-refractivity contribution in [1.82, 2.24) is 14.5 Å². The standard InChI is InChI=1S/C15H16BrN3O/c1-10-6-7-13-11(2)19(9-8-18(10)13)15(20)12-4-3-5-14(16)17-12/h3-7,11H,8-9H2,1-2H3. The van der Waals surface area contributed by atoms with E-state index in [4.69, 9.17) is 0 Å². The lowest BCUT2D eigenvalue weighted by molar-refractivity contribution is 0.0636. The molecule has 0 saturated heterocycles. The highest BCUT2D eigenvalue weighted by Crippen LogP contribution is 2.28. The molecule has 0 aromatic carbocycles. The maximum absolute atomic E-state index is 12.6. The van der Waals surface area contributed by atoms with Crippen molar-refractivity contribution in [3.05, 3.63) is 52.0 Å². The molecular weight excluding hydrogens is 318 g/mol. The summed E-state index contributed by atoms with van der Waals surface area (Å²) in [5.74, 6) is -0.0103. The number of aryl methyl sites for hydroxylation is 1. The number of amides is 1. The Bertz CT molecular complexity index is 665. The summed E-state index contributed by atoms with van der Waals surface area (Å²) in [5, 5.41) is 0. The average Bonchev–Trinajstić information content (AvgIpc) is 2.81. The number of pyridine rings is 1. The minimum atomic E-state index is -0.0103. The van der Waals surface area contributed by atoms with Gasteiger partial charge in [0.25, 0.3) is 5.91 Å². The van der Waals surface area contributed by atoms with Crippen LogP contribution >= 0.6 is 15.9 Å². The Morgan fingerprint density at radius 1 is 1.30 bits per heavy atom. The minimum Gasteiger partial charge on any atom is -0.345 e. The fourth-order valence-electron chi connectivity index (χ4n) is 2.77. The number of hydrogen-bond donors (Lipinski definition) is 0. The van der Waals surface area contributed by atoms with Crippen molar-refractivity contribution in [3.8, 4) is 0 Å². The van der Waals surface area contributed by atoms with Gasteiger partial charge < -0.3 is 9.47 Å². The maximum atomic E-state index is 12.6. The molecule has 2 aromatic heterocycles. The highest BCUT2D eigenvalue weighted by Gasteiger charge is 2.29. The molecule has 3 heterocycles. The summed E-state index contributed by atoms with van der Waals surface area (Å²) in [6.45, 7) is 5.73. The minimum absolute atomic E-state index is 0.0103. The average molecular weight is 334 g/mol. The van der Waals surface area contributed by atoms with E-state index in [1.54, 1.807) is 6.07 Å². The van der Waals surface area contributed by atoms with Crippen molar-refractivity contribution in [3.63, 3.8) is 0 Å². The number of carbonyl (C=O) groups excluding carboxylic acids is 1. The number of fused-ring (bicyclic) bond motifs is 1. The second-order valence-electron chi connectivity index (χ2n) is 5.07. The molecule has 0 aliphatic carbocycles. The SMILES string of the molecule is Cc1ccc2n1CCN(C(=O)c1cccc(Br)n1)C2C. The van der Waals surface area contributed by atoms with Crippen molar-refractivity contribution >= 4 is 21.8 Å². The van der Waals surface area contributed by atoms with Gasteiger partial charge in [-0.3, -0.25) is 4.79 Å². The second kappa shape index (κ2) is 5.05. The van der Waals surface area contributed by atoms with Gasteiger partial charge in [-0.2, -0.15) is 0 Å². The molecule has 104 valence electrons. The fraction of sp³-hybridized carbons (Fsp3) is 0.333. The van der Waals surface area contributed by atoms with Crippen molar-refractivity contribution in [2.24, 2.45) is 0 Å². The zero-order valence-corrected chi connectivity index (χ0v) is 13.1. The maximum Gasteiger partial charge on any atom is 0.273 e. The van der Waals surface area contributed by atoms with Gasteiger partial charge in [0.05, 0.1) is 6.04 Å². The molecule has 5 heteroatoms. The van der Waals surface area contributed by atoms with Gasteiger partial charge in [0.15, 0.2) is 0 Å². The number of carbonyl (C=O) groups is 1. The summed E-state index contributed by atoms with van der Waals surface area (Å²) in [5.41, 5.74) is 2.93. The zero-order valence-electron chi connectivity index (χ0n) is 11.5. The molecule has 20 heavy (non-hydrogen) atoms. The summed E-state index contributed by atoms with van der Waals surface area (Å²) < 4.78 is 2.97. The number of aromatic nitrogens is 2. The quantitative estimate of drug-likeness (QED) is 0.752. The van der Waals surface area contributed by atoms with Gasteiger partial charge in [-0.05, 0) is 54.0 Å². The van der Waals surface area contributed by atoms with Crippen LogP contribution in [-0.2, 0) is 6.54 Å². The molecule has 2 aromatic rings. The predicted octanol–water partition coefficient (Wildman–Crippen LogP) is 3.17. The van der Waals surface area contributed by atoms with Gasteiger partial charge in [0.1, 0.15) is 10.3 Å². The van der Waals surface area contributed by atoms with Crippen LogP contribution in [0.3, 0.4) is 0 Å². The van der Waals surface area contributed by atoms with Crippen LogP contribution in [0, 0.1) is 6.92 Å². The molecule has 0 N–H and O–H groups in total. The van der Waals surface area contributed by atoms with Crippen LogP contribution in [0.25, 0.3) is 0 Å². The topological polar surface area (TPSA) is 38.1 Å². The smallest absolute Gasteiger partial charge is 0.273 e. The molecule has 0 fully saturated rings. The lowest BCUT2D eigenvalue weighted by atomic mass is 10.1. The Labute approximate surface area is 126 Å². The Morgan fingerprint density at radius 2 is 2.10 bits per heavy atom. The Hall–Kier alpha value is -1.62. The normalized spacial score (nSPS) is 17.9. The first-order valence-electron chi connectivity index (χ1n) is 6.67. The van der Waals surface area contributed by atoms with Crippen LogP contribution in [0.1, 0.15) is 34.8 Å². The van der Waals surface area contributed by atoms with Crippen molar-refractivity contribution in [2.75, 3.05) is 6.54 Å². The van der Waals surface area contributed by atoms with Gasteiger partial charge in [0.2, 0.25) is 0 Å². The third kappa shape index (κ3) is 2.16. The molecule has 1 atom stereocenters. The van der Waals surface area contributed by atoms with Gasteiger partial charge in [-0.25, -0.2) is 4.98 Å². The molecule has 4 nitrogen and oxygen atoms in total. The molecule has 1 amide bonds. The van der Waals surface area contributed by atoms with Crippen LogP contribution in [0.15, 0.2) is 34.9 Å². The van der Waals surface area contributed by atoms with Gasteiger partial charge >= 0.3 is 0 Å². The zero-order chi connectivity index (χ0) is 14.3. The van der Waals surface area contributed by atoms with E-state index < -0.39 is 0 Å². The van der Waals surface area contributed by atoms with E-state index >= 15 is 0 Å². The van der Waals surface area contributed by atoms with E-state index in [0.717, 1.165) is 13.1 Å². The third-order valence-corrected chi connectivity index (χ3v) is 4.33.